The molecule has 11 heteroatoms. The van der Waals surface area contributed by atoms with E-state index in [0.717, 1.165) is 12.1 Å². The summed E-state index contributed by atoms with van der Waals surface area (Å²) in [7, 11) is -3.88. The smallest absolute Gasteiger partial charge is 0.322 e. The van der Waals surface area contributed by atoms with Gasteiger partial charge in [0.05, 0.1) is 21.6 Å². The van der Waals surface area contributed by atoms with E-state index in [1.54, 1.807) is 18.2 Å². The molecular formula is C25H24F3N3O4S. The molecule has 3 aromatic rings. The van der Waals surface area contributed by atoms with Crippen LogP contribution in [0.1, 0.15) is 47.1 Å². The van der Waals surface area contributed by atoms with Crippen molar-refractivity contribution < 1.29 is 31.2 Å². The molecule has 3 N–H and O–H groups in total. The average Bonchev–Trinajstić information content (AvgIpc) is 2.78. The number of benzene rings is 3. The van der Waals surface area contributed by atoms with E-state index in [2.05, 4.69) is 15.4 Å². The van der Waals surface area contributed by atoms with Crippen molar-refractivity contribution in [1.82, 2.24) is 0 Å². The van der Waals surface area contributed by atoms with Crippen LogP contribution in [0, 0.1) is 0 Å². The zero-order valence-electron chi connectivity index (χ0n) is 19.6. The summed E-state index contributed by atoms with van der Waals surface area (Å²) >= 11 is 0. The molecule has 0 heterocycles. The maximum Gasteiger partial charge on any atom is 0.416 e. The first-order chi connectivity index (χ1) is 16.7. The molecule has 0 bridgehead atoms. The van der Waals surface area contributed by atoms with Crippen LogP contribution in [0.15, 0.2) is 72.8 Å². The number of hydrogen-bond donors (Lipinski definition) is 3. The van der Waals surface area contributed by atoms with E-state index in [4.69, 9.17) is 0 Å². The molecule has 0 aliphatic heterocycles. The van der Waals surface area contributed by atoms with Gasteiger partial charge in [-0.25, -0.2) is 8.42 Å². The Balaban J connectivity index is 1.93. The van der Waals surface area contributed by atoms with E-state index in [1.165, 1.54) is 63.2 Å². The van der Waals surface area contributed by atoms with Crippen LogP contribution >= 0.6 is 0 Å². The lowest BCUT2D eigenvalue weighted by Gasteiger charge is -2.21. The van der Waals surface area contributed by atoms with E-state index in [1.807, 2.05) is 0 Å². The molecule has 0 radical (unpaired) electrons. The fourth-order valence-corrected chi connectivity index (χ4v) is 3.77. The Bertz CT molecular complexity index is 1380. The molecule has 36 heavy (non-hydrogen) atoms. The van der Waals surface area contributed by atoms with Gasteiger partial charge in [-0.05, 0) is 63.2 Å². The van der Waals surface area contributed by atoms with Gasteiger partial charge >= 0.3 is 6.18 Å². The Hall–Kier alpha value is -3.86. The van der Waals surface area contributed by atoms with Crippen LogP contribution in [-0.2, 0) is 16.2 Å². The molecule has 2 amide bonds. The van der Waals surface area contributed by atoms with Crippen LogP contribution in [0.25, 0.3) is 0 Å². The van der Waals surface area contributed by atoms with Crippen molar-refractivity contribution >= 4 is 38.9 Å². The first-order valence-corrected chi connectivity index (χ1v) is 12.2. The second-order valence-corrected chi connectivity index (χ2v) is 11.3. The fourth-order valence-electron chi connectivity index (χ4n) is 2.99. The SMILES string of the molecule is CC(C)(C)S(=O)(=O)Nc1ccccc1C(=O)Nc1cc(NC(=O)c2ccccc2)cc(C(F)(F)F)c1. The minimum atomic E-state index is -4.76. The normalized spacial score (nSPS) is 12.1. The van der Waals surface area contributed by atoms with Crippen molar-refractivity contribution in [1.29, 1.82) is 0 Å². The third-order valence-corrected chi connectivity index (χ3v) is 7.14. The van der Waals surface area contributed by atoms with Gasteiger partial charge in [0.2, 0.25) is 10.0 Å². The van der Waals surface area contributed by atoms with Crippen molar-refractivity contribution in [3.8, 4) is 0 Å². The summed E-state index contributed by atoms with van der Waals surface area (Å²) in [4.78, 5) is 25.4. The van der Waals surface area contributed by atoms with Crippen molar-refractivity contribution in [2.24, 2.45) is 0 Å². The predicted octanol–water partition coefficient (Wildman–Crippen LogP) is 5.75. The summed E-state index contributed by atoms with van der Waals surface area (Å²) in [5, 5.41) is 4.77. The summed E-state index contributed by atoms with van der Waals surface area (Å²) in [6.07, 6.45) is -4.76. The van der Waals surface area contributed by atoms with Crippen LogP contribution < -0.4 is 15.4 Å². The van der Waals surface area contributed by atoms with Gasteiger partial charge in [-0.15, -0.1) is 0 Å². The number of anilines is 3. The molecule has 0 spiro atoms. The molecule has 0 saturated carbocycles. The van der Waals surface area contributed by atoms with Crippen LogP contribution in [0.2, 0.25) is 0 Å². The highest BCUT2D eigenvalue weighted by atomic mass is 32.2. The van der Waals surface area contributed by atoms with Crippen molar-refractivity contribution in [3.63, 3.8) is 0 Å². The number of nitrogens with one attached hydrogen (secondary N) is 3. The molecule has 7 nitrogen and oxygen atoms in total. The Labute approximate surface area is 206 Å². The average molecular weight is 520 g/mol. The van der Waals surface area contributed by atoms with E-state index in [-0.39, 0.29) is 28.2 Å². The van der Waals surface area contributed by atoms with Crippen LogP contribution in [-0.4, -0.2) is 25.0 Å². The van der Waals surface area contributed by atoms with Crippen molar-refractivity contribution in [2.45, 2.75) is 31.7 Å². The number of carbonyl (C=O) groups is 2. The number of hydrogen-bond acceptors (Lipinski definition) is 4. The molecule has 3 rings (SSSR count). The van der Waals surface area contributed by atoms with Crippen LogP contribution in [0.4, 0.5) is 30.2 Å². The third-order valence-electron chi connectivity index (χ3n) is 5.03. The van der Waals surface area contributed by atoms with Gasteiger partial charge < -0.3 is 10.6 Å². The number of amides is 2. The minimum Gasteiger partial charge on any atom is -0.322 e. The summed E-state index contributed by atoms with van der Waals surface area (Å²) in [6.45, 7) is 4.43. The quantitative estimate of drug-likeness (QED) is 0.386. The Morgan fingerprint density at radius 3 is 1.83 bits per heavy atom. The van der Waals surface area contributed by atoms with E-state index in [9.17, 15) is 31.2 Å². The molecule has 0 saturated heterocycles. The summed E-state index contributed by atoms with van der Waals surface area (Å²) < 4.78 is 66.9. The van der Waals surface area contributed by atoms with Gasteiger partial charge in [-0.2, -0.15) is 13.2 Å². The monoisotopic (exact) mass is 519 g/mol. The van der Waals surface area contributed by atoms with Gasteiger partial charge in [-0.1, -0.05) is 30.3 Å². The van der Waals surface area contributed by atoms with Gasteiger partial charge in [0, 0.05) is 16.9 Å². The van der Waals surface area contributed by atoms with Gasteiger partial charge in [0.25, 0.3) is 11.8 Å². The Morgan fingerprint density at radius 1 is 0.750 bits per heavy atom. The van der Waals surface area contributed by atoms with Gasteiger partial charge in [-0.3, -0.25) is 14.3 Å². The number of sulfonamides is 1. The zero-order valence-corrected chi connectivity index (χ0v) is 20.4. The molecule has 0 atom stereocenters. The summed E-state index contributed by atoms with van der Waals surface area (Å²) in [5.74, 6) is -1.48. The molecule has 0 unspecified atom stereocenters. The highest BCUT2D eigenvalue weighted by Crippen LogP contribution is 2.34. The van der Waals surface area contributed by atoms with Gasteiger partial charge in [0.1, 0.15) is 0 Å². The lowest BCUT2D eigenvalue weighted by Crippen LogP contribution is -2.34. The molecule has 0 fully saturated rings. The maximum atomic E-state index is 13.5. The summed E-state index contributed by atoms with van der Waals surface area (Å²) in [5.41, 5.74) is -1.42. The van der Waals surface area contributed by atoms with E-state index < -0.39 is 38.3 Å². The second kappa shape index (κ2) is 10.0. The zero-order chi connectivity index (χ0) is 26.7. The number of rotatable bonds is 6. The number of alkyl halides is 3. The maximum absolute atomic E-state index is 13.5. The fraction of sp³-hybridized carbons (Fsp3) is 0.200. The number of halogens is 3. The molecule has 0 aliphatic rings. The van der Waals surface area contributed by atoms with E-state index in [0.29, 0.717) is 0 Å². The van der Waals surface area contributed by atoms with E-state index >= 15 is 0 Å². The largest absolute Gasteiger partial charge is 0.416 e. The standard InChI is InChI=1S/C25H24F3N3O4S/c1-24(2,3)36(34,35)31-21-12-8-7-11-20(21)23(33)30-19-14-17(25(26,27)28)13-18(15-19)29-22(32)16-9-5-4-6-10-16/h4-15,31H,1-3H3,(H,29,32)(H,30,33). The van der Waals surface area contributed by atoms with Gasteiger partial charge in [0.15, 0.2) is 0 Å². The first-order valence-electron chi connectivity index (χ1n) is 10.7. The molecule has 0 aliphatic carbocycles. The third kappa shape index (κ3) is 6.42. The van der Waals surface area contributed by atoms with Crippen LogP contribution in [0.3, 0.4) is 0 Å². The Morgan fingerprint density at radius 2 is 1.28 bits per heavy atom. The molecule has 3 aromatic carbocycles. The van der Waals surface area contributed by atoms with Crippen LogP contribution in [0.5, 0.6) is 0 Å². The highest BCUT2D eigenvalue weighted by Gasteiger charge is 2.32. The number of para-hydroxylation sites is 1. The summed E-state index contributed by atoms with van der Waals surface area (Å²) in [6, 6.07) is 16.3. The highest BCUT2D eigenvalue weighted by molar-refractivity contribution is 7.94. The van der Waals surface area contributed by atoms with Crippen molar-refractivity contribution in [3.05, 3.63) is 89.5 Å². The molecular weight excluding hydrogens is 495 g/mol. The second-order valence-electron chi connectivity index (χ2n) is 8.83. The topological polar surface area (TPSA) is 104 Å². The molecule has 190 valence electrons. The predicted molar refractivity (Wildman–Crippen MR) is 133 cm³/mol. The van der Waals surface area contributed by atoms with Crippen molar-refractivity contribution in [2.75, 3.05) is 15.4 Å². The number of carbonyl (C=O) groups excluding carboxylic acids is 2. The minimum absolute atomic E-state index is 0.0329. The Kier molecular flexibility index (Phi) is 7.44. The molecule has 0 aromatic heterocycles. The lowest BCUT2D eigenvalue weighted by atomic mass is 10.1. The first kappa shape index (κ1) is 26.7. The lowest BCUT2D eigenvalue weighted by molar-refractivity contribution is -0.137.